The summed E-state index contributed by atoms with van der Waals surface area (Å²) in [6.07, 6.45) is 5.67. The molecular formula is C22H21NS. The molecule has 0 atom stereocenters. The minimum atomic E-state index is 0.898. The Kier molecular flexibility index (Phi) is 5.29. The van der Waals surface area contributed by atoms with E-state index in [4.69, 9.17) is 0 Å². The van der Waals surface area contributed by atoms with E-state index in [2.05, 4.69) is 84.1 Å². The van der Waals surface area contributed by atoms with Crippen molar-refractivity contribution in [1.29, 1.82) is 0 Å². The zero-order chi connectivity index (χ0) is 16.8. The molecule has 0 aliphatic rings. The minimum Gasteiger partial charge on any atom is -0.302 e. The number of hydrogen-bond donors (Lipinski definition) is 0. The van der Waals surface area contributed by atoms with Crippen molar-refractivity contribution in [3.8, 4) is 0 Å². The number of benzene rings is 2. The van der Waals surface area contributed by atoms with E-state index in [1.165, 1.54) is 27.5 Å². The third-order valence-electron chi connectivity index (χ3n) is 3.88. The monoisotopic (exact) mass is 331 g/mol. The van der Waals surface area contributed by atoms with Gasteiger partial charge in [0.05, 0.1) is 5.00 Å². The van der Waals surface area contributed by atoms with E-state index in [0.717, 1.165) is 12.8 Å². The zero-order valence-electron chi connectivity index (χ0n) is 13.7. The summed E-state index contributed by atoms with van der Waals surface area (Å²) in [4.78, 5) is 2.29. The summed E-state index contributed by atoms with van der Waals surface area (Å²) in [5.74, 6) is 0. The Balaban J connectivity index is 1.97. The molecule has 2 heteroatoms. The van der Waals surface area contributed by atoms with Gasteiger partial charge >= 0.3 is 0 Å². The molecule has 24 heavy (non-hydrogen) atoms. The molecule has 1 nitrogen and oxygen atoms in total. The standard InChI is InChI=1S/C22H21NS/c1-3-6-18-9-13-20(14-10-18)23(22-8-5-17-24-22)21-15-11-19(7-4-2)12-16-21/h3-5,8-17H,1-2,6-7H2. The fourth-order valence-electron chi connectivity index (χ4n) is 2.70. The average molecular weight is 331 g/mol. The third kappa shape index (κ3) is 3.66. The van der Waals surface area contributed by atoms with Crippen LogP contribution in [0.2, 0.25) is 0 Å². The minimum absolute atomic E-state index is 0.898. The second-order valence-corrected chi connectivity index (χ2v) is 6.53. The first-order valence-corrected chi connectivity index (χ1v) is 8.93. The molecule has 3 aromatic rings. The van der Waals surface area contributed by atoms with E-state index in [1.54, 1.807) is 11.3 Å². The molecule has 0 spiro atoms. The average Bonchev–Trinajstić information content (AvgIpc) is 3.13. The smallest absolute Gasteiger partial charge is 0.0999 e. The lowest BCUT2D eigenvalue weighted by Gasteiger charge is -2.24. The highest BCUT2D eigenvalue weighted by molar-refractivity contribution is 7.14. The molecule has 0 saturated carbocycles. The summed E-state index contributed by atoms with van der Waals surface area (Å²) in [5.41, 5.74) is 4.89. The van der Waals surface area contributed by atoms with Crippen molar-refractivity contribution in [3.63, 3.8) is 0 Å². The van der Waals surface area contributed by atoms with Crippen molar-refractivity contribution < 1.29 is 0 Å². The zero-order valence-corrected chi connectivity index (χ0v) is 14.5. The maximum atomic E-state index is 3.81. The summed E-state index contributed by atoms with van der Waals surface area (Å²) in [5, 5.41) is 3.32. The Morgan fingerprint density at radius 3 is 1.62 bits per heavy atom. The van der Waals surface area contributed by atoms with Gasteiger partial charge in [0.25, 0.3) is 0 Å². The maximum absolute atomic E-state index is 3.81. The Morgan fingerprint density at radius 1 is 0.750 bits per heavy atom. The quantitative estimate of drug-likeness (QED) is 0.437. The summed E-state index contributed by atoms with van der Waals surface area (Å²) in [6.45, 7) is 7.62. The van der Waals surface area contributed by atoms with Crippen molar-refractivity contribution in [2.24, 2.45) is 0 Å². The van der Waals surface area contributed by atoms with Gasteiger partial charge in [0.1, 0.15) is 0 Å². The molecule has 0 unspecified atom stereocenters. The van der Waals surface area contributed by atoms with Crippen LogP contribution in [-0.2, 0) is 12.8 Å². The van der Waals surface area contributed by atoms with Crippen LogP contribution in [0.3, 0.4) is 0 Å². The van der Waals surface area contributed by atoms with Gasteiger partial charge < -0.3 is 4.90 Å². The number of rotatable bonds is 7. The van der Waals surface area contributed by atoms with E-state index >= 15 is 0 Å². The number of nitrogens with zero attached hydrogens (tertiary/aromatic N) is 1. The van der Waals surface area contributed by atoms with Crippen molar-refractivity contribution in [2.75, 3.05) is 4.90 Å². The molecule has 3 rings (SSSR count). The lowest BCUT2D eigenvalue weighted by Crippen LogP contribution is -2.08. The van der Waals surface area contributed by atoms with Gasteiger partial charge in [-0.2, -0.15) is 0 Å². The van der Waals surface area contributed by atoms with E-state index < -0.39 is 0 Å². The van der Waals surface area contributed by atoms with Crippen molar-refractivity contribution in [3.05, 3.63) is 102 Å². The lowest BCUT2D eigenvalue weighted by molar-refractivity contribution is 1.24. The fraction of sp³-hybridized carbons (Fsp3) is 0.0909. The first-order valence-electron chi connectivity index (χ1n) is 8.05. The first kappa shape index (κ1) is 16.3. The molecule has 2 aromatic carbocycles. The van der Waals surface area contributed by atoms with Gasteiger partial charge in [-0.1, -0.05) is 36.4 Å². The Bertz CT molecular complexity index is 730. The number of allylic oxidation sites excluding steroid dienone is 2. The van der Waals surface area contributed by atoms with Gasteiger partial charge in [-0.05, 0) is 65.7 Å². The van der Waals surface area contributed by atoms with Gasteiger partial charge in [-0.25, -0.2) is 0 Å². The highest BCUT2D eigenvalue weighted by Crippen LogP contribution is 2.37. The Labute approximate surface area is 148 Å². The maximum Gasteiger partial charge on any atom is 0.0999 e. The third-order valence-corrected chi connectivity index (χ3v) is 4.73. The van der Waals surface area contributed by atoms with Crippen LogP contribution in [0.1, 0.15) is 11.1 Å². The van der Waals surface area contributed by atoms with Crippen molar-refractivity contribution in [1.82, 2.24) is 0 Å². The molecule has 0 N–H and O–H groups in total. The highest BCUT2D eigenvalue weighted by atomic mass is 32.1. The summed E-state index contributed by atoms with van der Waals surface area (Å²) < 4.78 is 0. The number of hydrogen-bond acceptors (Lipinski definition) is 2. The molecule has 0 amide bonds. The molecule has 1 heterocycles. The first-order chi connectivity index (χ1) is 11.8. The number of thiophene rings is 1. The van der Waals surface area contributed by atoms with Crippen LogP contribution in [0.4, 0.5) is 16.4 Å². The van der Waals surface area contributed by atoms with Gasteiger partial charge in [0.2, 0.25) is 0 Å². The molecule has 120 valence electrons. The van der Waals surface area contributed by atoms with Gasteiger partial charge in [0.15, 0.2) is 0 Å². The van der Waals surface area contributed by atoms with Crippen LogP contribution in [0.25, 0.3) is 0 Å². The van der Waals surface area contributed by atoms with Crippen LogP contribution < -0.4 is 4.90 Å². The van der Waals surface area contributed by atoms with Crippen LogP contribution in [0.5, 0.6) is 0 Å². The predicted octanol–water partition coefficient (Wildman–Crippen LogP) is 6.67. The van der Waals surface area contributed by atoms with Crippen LogP contribution in [0, 0.1) is 0 Å². The highest BCUT2D eigenvalue weighted by Gasteiger charge is 2.13. The van der Waals surface area contributed by atoms with E-state index in [0.29, 0.717) is 0 Å². The molecular weight excluding hydrogens is 310 g/mol. The predicted molar refractivity (Wildman–Crippen MR) is 107 cm³/mol. The summed E-state index contributed by atoms with van der Waals surface area (Å²) in [6, 6.07) is 21.6. The van der Waals surface area contributed by atoms with Crippen molar-refractivity contribution >= 4 is 27.7 Å². The Hall–Kier alpha value is -2.58. The second kappa shape index (κ2) is 7.80. The van der Waals surface area contributed by atoms with Crippen LogP contribution in [0.15, 0.2) is 91.4 Å². The molecule has 1 aromatic heterocycles. The SMILES string of the molecule is C=CCc1ccc(N(c2ccc(CC=C)cc2)c2cccs2)cc1. The van der Waals surface area contributed by atoms with Gasteiger partial charge in [-0.3, -0.25) is 0 Å². The van der Waals surface area contributed by atoms with E-state index in [1.807, 2.05) is 12.2 Å². The topological polar surface area (TPSA) is 3.24 Å². The summed E-state index contributed by atoms with van der Waals surface area (Å²) >= 11 is 1.74. The lowest BCUT2D eigenvalue weighted by atomic mass is 10.1. The molecule has 0 radical (unpaired) electrons. The Morgan fingerprint density at radius 2 is 1.25 bits per heavy atom. The largest absolute Gasteiger partial charge is 0.302 e. The fourth-order valence-corrected chi connectivity index (χ4v) is 3.47. The van der Waals surface area contributed by atoms with E-state index in [-0.39, 0.29) is 0 Å². The molecule has 0 bridgehead atoms. The number of anilines is 3. The molecule has 0 fully saturated rings. The van der Waals surface area contributed by atoms with Gasteiger partial charge in [-0.15, -0.1) is 24.5 Å². The van der Waals surface area contributed by atoms with Gasteiger partial charge in [0, 0.05) is 11.4 Å². The van der Waals surface area contributed by atoms with Crippen molar-refractivity contribution in [2.45, 2.75) is 12.8 Å². The normalized spacial score (nSPS) is 10.3. The molecule has 0 aliphatic heterocycles. The molecule has 0 saturated heterocycles. The van der Waals surface area contributed by atoms with Crippen LogP contribution in [-0.4, -0.2) is 0 Å². The second-order valence-electron chi connectivity index (χ2n) is 5.61. The summed E-state index contributed by atoms with van der Waals surface area (Å²) in [7, 11) is 0. The van der Waals surface area contributed by atoms with E-state index in [9.17, 15) is 0 Å². The van der Waals surface area contributed by atoms with Crippen LogP contribution >= 0.6 is 11.3 Å². The molecule has 0 aliphatic carbocycles.